The predicted molar refractivity (Wildman–Crippen MR) is 67.4 cm³/mol. The molecule has 0 amide bonds. The van der Waals surface area contributed by atoms with Crippen molar-refractivity contribution in [3.63, 3.8) is 0 Å². The Hall–Kier alpha value is -0.910. The highest BCUT2D eigenvalue weighted by Gasteiger charge is 2.42. The van der Waals surface area contributed by atoms with Crippen LogP contribution < -0.4 is 0 Å². The van der Waals surface area contributed by atoms with E-state index in [1.165, 1.54) is 0 Å². The highest BCUT2D eigenvalue weighted by Crippen LogP contribution is 2.35. The van der Waals surface area contributed by atoms with Gasteiger partial charge in [-0.15, -0.1) is 0 Å². The van der Waals surface area contributed by atoms with Gasteiger partial charge < -0.3 is 4.74 Å². The first-order valence-corrected chi connectivity index (χ1v) is 7.82. The third-order valence-electron chi connectivity index (χ3n) is 3.77. The van der Waals surface area contributed by atoms with Crippen LogP contribution in [0.4, 0.5) is 0 Å². The lowest BCUT2D eigenvalue weighted by Crippen LogP contribution is -2.46. The summed E-state index contributed by atoms with van der Waals surface area (Å²) in [4.78, 5) is 0.362. The molecular formula is C13H17NO3S. The van der Waals surface area contributed by atoms with E-state index in [1.807, 2.05) is 6.07 Å². The van der Waals surface area contributed by atoms with Crippen molar-refractivity contribution < 1.29 is 13.2 Å². The molecule has 2 heterocycles. The number of benzene rings is 1. The van der Waals surface area contributed by atoms with Gasteiger partial charge in [-0.05, 0) is 31.4 Å². The fraction of sp³-hybridized carbons (Fsp3) is 0.538. The van der Waals surface area contributed by atoms with Crippen LogP contribution in [0.2, 0.25) is 0 Å². The van der Waals surface area contributed by atoms with Gasteiger partial charge in [-0.25, -0.2) is 8.42 Å². The van der Waals surface area contributed by atoms with Crippen molar-refractivity contribution in [2.75, 3.05) is 13.2 Å². The summed E-state index contributed by atoms with van der Waals surface area (Å²) in [6.45, 7) is 1.24. The molecule has 0 aromatic heterocycles. The Kier molecular flexibility index (Phi) is 3.13. The van der Waals surface area contributed by atoms with Crippen molar-refractivity contribution in [3.05, 3.63) is 30.3 Å². The molecule has 0 unspecified atom stereocenters. The highest BCUT2D eigenvalue weighted by atomic mass is 32.2. The summed E-state index contributed by atoms with van der Waals surface area (Å²) in [5.41, 5.74) is 0. The second-order valence-electron chi connectivity index (χ2n) is 4.88. The number of rotatable bonds is 2. The van der Waals surface area contributed by atoms with Gasteiger partial charge in [0.05, 0.1) is 4.90 Å². The summed E-state index contributed by atoms with van der Waals surface area (Å²) in [5, 5.41) is 0. The molecule has 5 heteroatoms. The van der Waals surface area contributed by atoms with Crippen molar-refractivity contribution in [3.8, 4) is 0 Å². The zero-order chi connectivity index (χ0) is 12.6. The molecule has 2 aliphatic rings. The van der Waals surface area contributed by atoms with Crippen molar-refractivity contribution in [2.45, 2.75) is 30.4 Å². The molecule has 2 fully saturated rings. The summed E-state index contributed by atoms with van der Waals surface area (Å²) in [6, 6.07) is 8.62. The highest BCUT2D eigenvalue weighted by molar-refractivity contribution is 7.89. The van der Waals surface area contributed by atoms with Crippen LogP contribution in [0.5, 0.6) is 0 Å². The number of hydrogen-bond donors (Lipinski definition) is 0. The smallest absolute Gasteiger partial charge is 0.245 e. The number of fused-ring (bicyclic) bond motifs is 1. The van der Waals surface area contributed by atoms with Gasteiger partial charge in [0.2, 0.25) is 10.0 Å². The van der Waals surface area contributed by atoms with E-state index < -0.39 is 10.0 Å². The molecule has 0 aliphatic carbocycles. The number of hydrogen-bond acceptors (Lipinski definition) is 3. The first-order chi connectivity index (χ1) is 8.69. The lowest BCUT2D eigenvalue weighted by molar-refractivity contribution is -0.0128. The van der Waals surface area contributed by atoms with E-state index in [2.05, 4.69) is 0 Å². The average molecular weight is 267 g/mol. The molecule has 1 aromatic carbocycles. The van der Waals surface area contributed by atoms with Gasteiger partial charge in [0.1, 0.15) is 6.23 Å². The van der Waals surface area contributed by atoms with Crippen LogP contribution in [-0.4, -0.2) is 32.1 Å². The van der Waals surface area contributed by atoms with Crippen LogP contribution in [0.1, 0.15) is 19.3 Å². The fourth-order valence-corrected chi connectivity index (χ4v) is 4.49. The average Bonchev–Trinajstić information content (AvgIpc) is 2.87. The summed E-state index contributed by atoms with van der Waals surface area (Å²) < 4.78 is 32.3. The van der Waals surface area contributed by atoms with E-state index in [0.29, 0.717) is 24.0 Å². The summed E-state index contributed by atoms with van der Waals surface area (Å²) in [7, 11) is -3.41. The number of nitrogens with zero attached hydrogens (tertiary/aromatic N) is 1. The molecule has 98 valence electrons. The monoisotopic (exact) mass is 267 g/mol. The quantitative estimate of drug-likeness (QED) is 0.821. The Morgan fingerprint density at radius 2 is 1.94 bits per heavy atom. The molecule has 4 nitrogen and oxygen atoms in total. The molecule has 0 bridgehead atoms. The number of sulfonamides is 1. The minimum atomic E-state index is -3.41. The van der Waals surface area contributed by atoms with Crippen molar-refractivity contribution >= 4 is 10.0 Å². The van der Waals surface area contributed by atoms with E-state index in [-0.39, 0.29) is 6.23 Å². The van der Waals surface area contributed by atoms with Gasteiger partial charge in [-0.3, -0.25) is 0 Å². The molecule has 0 N–H and O–H groups in total. The second-order valence-corrected chi connectivity index (χ2v) is 6.77. The minimum Gasteiger partial charge on any atom is -0.362 e. The van der Waals surface area contributed by atoms with Gasteiger partial charge in [0, 0.05) is 19.1 Å². The molecule has 18 heavy (non-hydrogen) atoms. The van der Waals surface area contributed by atoms with Crippen molar-refractivity contribution in [2.24, 2.45) is 5.92 Å². The lowest BCUT2D eigenvalue weighted by Gasteiger charge is -2.35. The zero-order valence-corrected chi connectivity index (χ0v) is 11.0. The third-order valence-corrected chi connectivity index (χ3v) is 5.64. The lowest BCUT2D eigenvalue weighted by atomic mass is 9.97. The molecule has 3 rings (SSSR count). The topological polar surface area (TPSA) is 46.6 Å². The summed E-state index contributed by atoms with van der Waals surface area (Å²) in [5.74, 6) is 0.372. The van der Waals surface area contributed by atoms with Crippen LogP contribution in [0, 0.1) is 5.92 Å². The molecule has 1 aromatic rings. The number of ether oxygens (including phenoxy) is 1. The third kappa shape index (κ3) is 1.96. The fourth-order valence-electron chi connectivity index (χ4n) is 2.85. The second kappa shape index (κ2) is 4.64. The Morgan fingerprint density at radius 1 is 1.17 bits per heavy atom. The first kappa shape index (κ1) is 12.1. The standard InChI is InChI=1S/C13H17NO3S/c15-18(16,12-6-2-1-3-7-12)14-9-4-5-11-8-10-17-13(11)14/h1-3,6-7,11,13H,4-5,8-10H2/t11-,13+/m0/s1. The Balaban J connectivity index is 1.94. The van der Waals surface area contributed by atoms with E-state index >= 15 is 0 Å². The van der Waals surface area contributed by atoms with E-state index in [1.54, 1.807) is 28.6 Å². The van der Waals surface area contributed by atoms with E-state index in [9.17, 15) is 8.42 Å². The Bertz CT molecular complexity index is 514. The summed E-state index contributed by atoms with van der Waals surface area (Å²) >= 11 is 0. The molecule has 0 radical (unpaired) electrons. The first-order valence-electron chi connectivity index (χ1n) is 6.38. The molecule has 0 spiro atoms. The SMILES string of the molecule is O=S(=O)(c1ccccc1)N1CCC[C@H]2CCO[C@H]21. The van der Waals surface area contributed by atoms with Crippen LogP contribution in [0.25, 0.3) is 0 Å². The van der Waals surface area contributed by atoms with Gasteiger partial charge in [-0.1, -0.05) is 18.2 Å². The molecule has 0 saturated carbocycles. The van der Waals surface area contributed by atoms with E-state index in [0.717, 1.165) is 19.3 Å². The number of piperidine rings is 1. The maximum absolute atomic E-state index is 12.6. The Labute approximate surface area is 108 Å². The normalized spacial score (nSPS) is 29.1. The largest absolute Gasteiger partial charge is 0.362 e. The minimum absolute atomic E-state index is 0.246. The van der Waals surface area contributed by atoms with Crippen molar-refractivity contribution in [1.29, 1.82) is 0 Å². The van der Waals surface area contributed by atoms with Crippen LogP contribution in [0.3, 0.4) is 0 Å². The van der Waals surface area contributed by atoms with Crippen LogP contribution >= 0.6 is 0 Å². The zero-order valence-electron chi connectivity index (χ0n) is 10.2. The Morgan fingerprint density at radius 3 is 2.72 bits per heavy atom. The molecule has 2 atom stereocenters. The van der Waals surface area contributed by atoms with Gasteiger partial charge in [0.15, 0.2) is 0 Å². The van der Waals surface area contributed by atoms with Gasteiger partial charge in [0.25, 0.3) is 0 Å². The maximum Gasteiger partial charge on any atom is 0.245 e. The van der Waals surface area contributed by atoms with Crippen molar-refractivity contribution in [1.82, 2.24) is 4.31 Å². The molecular weight excluding hydrogens is 250 g/mol. The predicted octanol–water partition coefficient (Wildman–Crippen LogP) is 1.83. The van der Waals surface area contributed by atoms with Crippen LogP contribution in [-0.2, 0) is 14.8 Å². The van der Waals surface area contributed by atoms with Crippen LogP contribution in [0.15, 0.2) is 35.2 Å². The van der Waals surface area contributed by atoms with Gasteiger partial charge >= 0.3 is 0 Å². The maximum atomic E-state index is 12.6. The molecule has 2 aliphatic heterocycles. The molecule has 2 saturated heterocycles. The van der Waals surface area contributed by atoms with Gasteiger partial charge in [-0.2, -0.15) is 4.31 Å². The summed E-state index contributed by atoms with van der Waals surface area (Å²) in [6.07, 6.45) is 2.73. The van der Waals surface area contributed by atoms with E-state index in [4.69, 9.17) is 4.74 Å².